The first kappa shape index (κ1) is 25.4. The molecule has 2 aromatic rings. The monoisotopic (exact) mass is 466 g/mol. The van der Waals surface area contributed by atoms with Crippen LogP contribution in [0.5, 0.6) is 0 Å². The number of nitrogens with zero attached hydrogens (tertiary/aromatic N) is 1. The number of anilines is 1. The summed E-state index contributed by atoms with van der Waals surface area (Å²) in [5, 5.41) is 3.22. The van der Waals surface area contributed by atoms with E-state index in [9.17, 15) is 14.4 Å². The molecule has 2 amide bonds. The maximum Gasteiger partial charge on any atom is 0.256 e. The summed E-state index contributed by atoms with van der Waals surface area (Å²) >= 11 is 0. The van der Waals surface area contributed by atoms with E-state index in [0.717, 1.165) is 12.8 Å². The normalized spacial score (nSPS) is 15.3. The van der Waals surface area contributed by atoms with Crippen LogP contribution in [0.2, 0.25) is 0 Å². The number of nitrogens with one attached hydrogen (secondary N) is 2. The summed E-state index contributed by atoms with van der Waals surface area (Å²) in [6.45, 7) is 3.88. The molecule has 1 aliphatic rings. The topological polar surface area (TPSA) is 114 Å². The van der Waals surface area contributed by atoms with Crippen molar-refractivity contribution >= 4 is 23.3 Å². The molecule has 8 nitrogen and oxygen atoms in total. The molecule has 1 saturated heterocycles. The highest BCUT2D eigenvalue weighted by atomic mass is 16.5. The molecule has 0 radical (unpaired) electrons. The predicted octanol–water partition coefficient (Wildman–Crippen LogP) is 2.55. The zero-order chi connectivity index (χ0) is 24.3. The van der Waals surface area contributed by atoms with Crippen LogP contribution in [0.25, 0.3) is 0 Å². The number of para-hydroxylation sites is 1. The van der Waals surface area contributed by atoms with Crippen molar-refractivity contribution in [3.63, 3.8) is 0 Å². The molecular formula is C26H34N4O4. The number of hydrogen-bond acceptors (Lipinski definition) is 6. The van der Waals surface area contributed by atoms with Crippen molar-refractivity contribution in [2.24, 2.45) is 11.8 Å². The van der Waals surface area contributed by atoms with Crippen molar-refractivity contribution in [2.45, 2.75) is 38.6 Å². The number of rotatable bonds is 11. The Hall–Kier alpha value is -3.23. The van der Waals surface area contributed by atoms with E-state index in [-0.39, 0.29) is 24.0 Å². The van der Waals surface area contributed by atoms with Crippen LogP contribution < -0.4 is 16.6 Å². The third-order valence-electron chi connectivity index (χ3n) is 6.11. The van der Waals surface area contributed by atoms with Gasteiger partial charge in [0.25, 0.3) is 5.91 Å². The molecule has 182 valence electrons. The summed E-state index contributed by atoms with van der Waals surface area (Å²) in [4.78, 5) is 40.1. The van der Waals surface area contributed by atoms with Crippen molar-refractivity contribution in [1.29, 1.82) is 0 Å². The maximum absolute atomic E-state index is 13.3. The molecular weight excluding hydrogens is 432 g/mol. The Morgan fingerprint density at radius 3 is 2.41 bits per heavy atom. The molecule has 1 heterocycles. The number of morpholine rings is 1. The van der Waals surface area contributed by atoms with Gasteiger partial charge in [0.05, 0.1) is 24.8 Å². The van der Waals surface area contributed by atoms with Crippen LogP contribution in [0.3, 0.4) is 0 Å². The average Bonchev–Trinajstić information content (AvgIpc) is 2.88. The van der Waals surface area contributed by atoms with Crippen LogP contribution in [0.1, 0.15) is 42.1 Å². The SMILES string of the molecule is CC(Nc1ccccc1C(=O)N1CCOCC1)C(=O)C(CCCc1ccccc1)CC(=O)NN. The molecule has 0 aromatic heterocycles. The van der Waals surface area contributed by atoms with Gasteiger partial charge in [-0.1, -0.05) is 42.5 Å². The van der Waals surface area contributed by atoms with E-state index in [2.05, 4.69) is 22.9 Å². The van der Waals surface area contributed by atoms with Crippen molar-refractivity contribution in [3.8, 4) is 0 Å². The molecule has 8 heteroatoms. The third-order valence-corrected chi connectivity index (χ3v) is 6.11. The molecule has 0 spiro atoms. The van der Waals surface area contributed by atoms with E-state index in [4.69, 9.17) is 10.6 Å². The van der Waals surface area contributed by atoms with Gasteiger partial charge in [0.15, 0.2) is 5.78 Å². The standard InChI is InChI=1S/C26H34N4O4/c1-19(28-23-13-6-5-12-22(23)26(33)30-14-16-34-17-15-30)25(32)21(18-24(31)29-27)11-7-10-20-8-3-2-4-9-20/h2-6,8-9,12-13,19,21,28H,7,10-11,14-18,27H2,1H3,(H,29,31). The molecule has 3 rings (SSSR count). The van der Waals surface area contributed by atoms with Crippen LogP contribution >= 0.6 is 0 Å². The van der Waals surface area contributed by atoms with Crippen LogP contribution in [0.15, 0.2) is 54.6 Å². The fourth-order valence-electron chi connectivity index (χ4n) is 4.22. The lowest BCUT2D eigenvalue weighted by Crippen LogP contribution is -2.41. The highest BCUT2D eigenvalue weighted by molar-refractivity contribution is 6.01. The van der Waals surface area contributed by atoms with E-state index >= 15 is 0 Å². The van der Waals surface area contributed by atoms with E-state index in [1.54, 1.807) is 24.0 Å². The zero-order valence-electron chi connectivity index (χ0n) is 19.7. The number of benzene rings is 2. The zero-order valence-corrected chi connectivity index (χ0v) is 19.7. The van der Waals surface area contributed by atoms with Gasteiger partial charge in [-0.3, -0.25) is 19.8 Å². The Balaban J connectivity index is 1.67. The molecule has 4 N–H and O–H groups in total. The fourth-order valence-corrected chi connectivity index (χ4v) is 4.22. The number of ketones is 1. The second-order valence-corrected chi connectivity index (χ2v) is 8.56. The number of ether oxygens (including phenoxy) is 1. The molecule has 2 atom stereocenters. The van der Waals surface area contributed by atoms with Gasteiger partial charge < -0.3 is 15.0 Å². The van der Waals surface area contributed by atoms with E-state index < -0.39 is 12.0 Å². The lowest BCUT2D eigenvalue weighted by molar-refractivity contribution is -0.129. The Kier molecular flexibility index (Phi) is 9.61. The van der Waals surface area contributed by atoms with Gasteiger partial charge in [0.2, 0.25) is 5.91 Å². The van der Waals surface area contributed by atoms with Crippen molar-refractivity contribution in [1.82, 2.24) is 10.3 Å². The van der Waals surface area contributed by atoms with Crippen molar-refractivity contribution in [2.75, 3.05) is 31.6 Å². The minimum Gasteiger partial charge on any atom is -0.378 e. The lowest BCUT2D eigenvalue weighted by atomic mass is 9.89. The summed E-state index contributed by atoms with van der Waals surface area (Å²) in [7, 11) is 0. The van der Waals surface area contributed by atoms with Gasteiger partial charge in [-0.25, -0.2) is 5.84 Å². The van der Waals surface area contributed by atoms with Gasteiger partial charge in [0.1, 0.15) is 0 Å². The summed E-state index contributed by atoms with van der Waals surface area (Å²) in [5.41, 5.74) is 4.45. The van der Waals surface area contributed by atoms with Crippen LogP contribution in [-0.4, -0.2) is 54.8 Å². The first-order chi connectivity index (χ1) is 16.5. The van der Waals surface area contributed by atoms with Gasteiger partial charge in [-0.05, 0) is 43.9 Å². The number of carbonyl (C=O) groups is 3. The van der Waals surface area contributed by atoms with Gasteiger partial charge in [-0.2, -0.15) is 0 Å². The first-order valence-corrected chi connectivity index (χ1v) is 11.8. The Morgan fingerprint density at radius 1 is 1.03 bits per heavy atom. The van der Waals surface area contributed by atoms with Crippen LogP contribution in [-0.2, 0) is 20.7 Å². The summed E-state index contributed by atoms with van der Waals surface area (Å²) in [6.07, 6.45) is 2.21. The predicted molar refractivity (Wildman–Crippen MR) is 131 cm³/mol. The molecule has 0 aliphatic carbocycles. The Labute approximate surface area is 200 Å². The Morgan fingerprint density at radius 2 is 1.71 bits per heavy atom. The first-order valence-electron chi connectivity index (χ1n) is 11.8. The largest absolute Gasteiger partial charge is 0.378 e. The molecule has 0 saturated carbocycles. The highest BCUT2D eigenvalue weighted by Gasteiger charge is 2.27. The summed E-state index contributed by atoms with van der Waals surface area (Å²) < 4.78 is 5.34. The summed E-state index contributed by atoms with van der Waals surface area (Å²) in [6, 6.07) is 16.7. The van der Waals surface area contributed by atoms with E-state index in [1.165, 1.54) is 5.56 Å². The third kappa shape index (κ3) is 7.13. The molecule has 34 heavy (non-hydrogen) atoms. The average molecular weight is 467 g/mol. The van der Waals surface area contributed by atoms with Crippen molar-refractivity contribution in [3.05, 3.63) is 65.7 Å². The number of aryl methyl sites for hydroxylation is 1. The minimum absolute atomic E-state index is 0.0322. The number of hydrazine groups is 1. The second kappa shape index (κ2) is 12.9. The van der Waals surface area contributed by atoms with Crippen LogP contribution in [0.4, 0.5) is 5.69 Å². The molecule has 2 aromatic carbocycles. The smallest absolute Gasteiger partial charge is 0.256 e. The number of carbonyl (C=O) groups excluding carboxylic acids is 3. The summed E-state index contributed by atoms with van der Waals surface area (Å²) in [5.74, 6) is 4.28. The van der Waals surface area contributed by atoms with E-state index in [1.807, 2.05) is 30.3 Å². The highest BCUT2D eigenvalue weighted by Crippen LogP contribution is 2.22. The number of nitrogens with two attached hydrogens (primary N) is 1. The molecule has 0 bridgehead atoms. The molecule has 1 aliphatic heterocycles. The van der Waals surface area contributed by atoms with Crippen molar-refractivity contribution < 1.29 is 19.1 Å². The Bertz CT molecular complexity index is 960. The number of Topliss-reactive ketones (excluding diaryl/α,β-unsaturated/α-hetero) is 1. The maximum atomic E-state index is 13.3. The second-order valence-electron chi connectivity index (χ2n) is 8.56. The van der Waals surface area contributed by atoms with Crippen LogP contribution in [0, 0.1) is 5.92 Å². The van der Waals surface area contributed by atoms with Gasteiger partial charge in [-0.15, -0.1) is 0 Å². The van der Waals surface area contributed by atoms with Gasteiger partial charge in [0, 0.05) is 31.1 Å². The number of hydrogen-bond donors (Lipinski definition) is 3. The van der Waals surface area contributed by atoms with E-state index in [0.29, 0.717) is 44.0 Å². The number of amides is 2. The lowest BCUT2D eigenvalue weighted by Gasteiger charge is -2.28. The quantitative estimate of drug-likeness (QED) is 0.266. The van der Waals surface area contributed by atoms with Gasteiger partial charge >= 0.3 is 0 Å². The minimum atomic E-state index is -0.578. The molecule has 1 fully saturated rings. The molecule has 2 unspecified atom stereocenters. The fraction of sp³-hybridized carbons (Fsp3) is 0.423.